The maximum atomic E-state index is 11.1. The summed E-state index contributed by atoms with van der Waals surface area (Å²) in [5.74, 6) is -0.511. The number of hydrogen-bond donors (Lipinski definition) is 2. The molecule has 0 aromatic carbocycles. The van der Waals surface area contributed by atoms with Gasteiger partial charge in [-0.15, -0.1) is 5.10 Å². The minimum absolute atomic E-state index is 0.194. The van der Waals surface area contributed by atoms with E-state index in [0.29, 0.717) is 5.69 Å². The first-order chi connectivity index (χ1) is 7.10. The molecular weight excluding hydrogens is 200 g/mol. The van der Waals surface area contributed by atoms with Crippen molar-refractivity contribution in [3.05, 3.63) is 11.9 Å². The van der Waals surface area contributed by atoms with Gasteiger partial charge in [-0.05, 0) is 6.92 Å². The van der Waals surface area contributed by atoms with E-state index in [4.69, 9.17) is 10.8 Å². The van der Waals surface area contributed by atoms with Gasteiger partial charge in [0, 0.05) is 0 Å². The molecular formula is C8H14N4O3. The molecule has 1 aromatic heterocycles. The van der Waals surface area contributed by atoms with Crippen molar-refractivity contribution in [2.24, 2.45) is 5.73 Å². The first kappa shape index (κ1) is 11.6. The minimum Gasteiger partial charge on any atom is -0.468 e. The van der Waals surface area contributed by atoms with Crippen molar-refractivity contribution >= 4 is 5.97 Å². The molecule has 0 aliphatic heterocycles. The molecule has 1 rings (SSSR count). The lowest BCUT2D eigenvalue weighted by Gasteiger charge is -2.16. The summed E-state index contributed by atoms with van der Waals surface area (Å²) in [5, 5.41) is 16.2. The van der Waals surface area contributed by atoms with Gasteiger partial charge in [-0.2, -0.15) is 0 Å². The molecule has 3 N–H and O–H groups in total. The Labute approximate surface area is 86.8 Å². The average molecular weight is 214 g/mol. The number of carbonyl (C=O) groups is 1. The van der Waals surface area contributed by atoms with Crippen molar-refractivity contribution in [2.75, 3.05) is 7.11 Å². The van der Waals surface area contributed by atoms with Crippen LogP contribution in [0.1, 0.15) is 18.7 Å². The van der Waals surface area contributed by atoms with Crippen LogP contribution in [0.25, 0.3) is 0 Å². The summed E-state index contributed by atoms with van der Waals surface area (Å²) >= 11 is 0. The van der Waals surface area contributed by atoms with Gasteiger partial charge in [0.1, 0.15) is 11.7 Å². The van der Waals surface area contributed by atoms with Crippen molar-refractivity contribution in [3.8, 4) is 0 Å². The fourth-order valence-corrected chi connectivity index (χ4v) is 1.08. The van der Waals surface area contributed by atoms with Gasteiger partial charge in [-0.1, -0.05) is 5.21 Å². The quantitative estimate of drug-likeness (QED) is 0.612. The fourth-order valence-electron chi connectivity index (χ4n) is 1.08. The van der Waals surface area contributed by atoms with Gasteiger partial charge in [0.05, 0.1) is 26.0 Å². The van der Waals surface area contributed by atoms with E-state index in [-0.39, 0.29) is 12.6 Å². The van der Waals surface area contributed by atoms with Crippen LogP contribution >= 0.6 is 0 Å². The van der Waals surface area contributed by atoms with E-state index in [1.807, 2.05) is 0 Å². The Morgan fingerprint density at radius 3 is 2.93 bits per heavy atom. The lowest BCUT2D eigenvalue weighted by Crippen LogP contribution is -2.39. The smallest absolute Gasteiger partial charge is 0.324 e. The van der Waals surface area contributed by atoms with Gasteiger partial charge >= 0.3 is 5.97 Å². The molecule has 0 amide bonds. The first-order valence-corrected chi connectivity index (χ1v) is 4.45. The lowest BCUT2D eigenvalue weighted by molar-refractivity contribution is -0.143. The summed E-state index contributed by atoms with van der Waals surface area (Å²) in [6, 6.07) is -1.17. The van der Waals surface area contributed by atoms with Crippen LogP contribution < -0.4 is 5.73 Å². The lowest BCUT2D eigenvalue weighted by atomic mass is 10.1. The molecule has 0 aliphatic carbocycles. The molecule has 0 saturated heterocycles. The summed E-state index contributed by atoms with van der Waals surface area (Å²) in [6.07, 6.45) is 1.54. The second-order valence-corrected chi connectivity index (χ2v) is 3.14. The van der Waals surface area contributed by atoms with Crippen LogP contribution in [0, 0.1) is 0 Å². The normalized spacial score (nSPS) is 14.7. The van der Waals surface area contributed by atoms with Crippen LogP contribution in [-0.4, -0.2) is 39.2 Å². The molecule has 2 atom stereocenters. The highest BCUT2D eigenvalue weighted by atomic mass is 16.5. The zero-order valence-electron chi connectivity index (χ0n) is 8.62. The number of carbonyl (C=O) groups excluding carboxylic acids is 1. The maximum Gasteiger partial charge on any atom is 0.324 e. The third-order valence-electron chi connectivity index (χ3n) is 2.13. The van der Waals surface area contributed by atoms with Crippen molar-refractivity contribution in [1.29, 1.82) is 0 Å². The Kier molecular flexibility index (Phi) is 3.75. The van der Waals surface area contributed by atoms with Crippen LogP contribution in [0.15, 0.2) is 6.20 Å². The second kappa shape index (κ2) is 4.85. The van der Waals surface area contributed by atoms with Gasteiger partial charge in [0.25, 0.3) is 0 Å². The topological polar surface area (TPSA) is 103 Å². The molecule has 0 unspecified atom stereocenters. The monoisotopic (exact) mass is 214 g/mol. The highest BCUT2D eigenvalue weighted by Gasteiger charge is 2.23. The molecule has 0 spiro atoms. The molecule has 0 bridgehead atoms. The summed E-state index contributed by atoms with van der Waals surface area (Å²) in [4.78, 5) is 11.1. The van der Waals surface area contributed by atoms with Crippen LogP contribution in [0.4, 0.5) is 0 Å². The van der Waals surface area contributed by atoms with E-state index in [9.17, 15) is 4.79 Å². The molecule has 1 heterocycles. The summed E-state index contributed by atoms with van der Waals surface area (Å²) in [6.45, 7) is 1.53. The van der Waals surface area contributed by atoms with E-state index in [1.54, 1.807) is 6.92 Å². The van der Waals surface area contributed by atoms with E-state index < -0.39 is 12.0 Å². The highest BCUT2D eigenvalue weighted by Crippen LogP contribution is 2.09. The average Bonchev–Trinajstić information content (AvgIpc) is 2.74. The number of methoxy groups -OCH3 is 1. The van der Waals surface area contributed by atoms with Gasteiger partial charge < -0.3 is 15.6 Å². The van der Waals surface area contributed by atoms with Crippen LogP contribution in [0.3, 0.4) is 0 Å². The predicted molar refractivity (Wildman–Crippen MR) is 50.6 cm³/mol. The number of hydrogen-bond acceptors (Lipinski definition) is 6. The molecule has 0 aliphatic rings. The second-order valence-electron chi connectivity index (χ2n) is 3.14. The Hall–Kier alpha value is -1.47. The zero-order valence-corrected chi connectivity index (χ0v) is 8.62. The minimum atomic E-state index is -0.803. The molecule has 0 radical (unpaired) electrons. The van der Waals surface area contributed by atoms with Crippen LogP contribution in [-0.2, 0) is 16.1 Å². The predicted octanol–water partition coefficient (Wildman–Crippen LogP) is -1.17. The Bertz CT molecular complexity index is 338. The Balaban J connectivity index is 2.75. The molecule has 15 heavy (non-hydrogen) atoms. The third-order valence-corrected chi connectivity index (χ3v) is 2.13. The third kappa shape index (κ3) is 2.51. The number of rotatable bonds is 4. The number of ether oxygens (including phenoxy) is 1. The van der Waals surface area contributed by atoms with Crippen molar-refractivity contribution in [1.82, 2.24) is 15.0 Å². The van der Waals surface area contributed by atoms with Crippen molar-refractivity contribution < 1.29 is 14.6 Å². The summed E-state index contributed by atoms with van der Waals surface area (Å²) in [7, 11) is 1.27. The largest absolute Gasteiger partial charge is 0.468 e. The maximum absolute atomic E-state index is 11.1. The molecule has 1 aromatic rings. The van der Waals surface area contributed by atoms with Gasteiger partial charge in [0.15, 0.2) is 0 Å². The number of esters is 1. The molecule has 84 valence electrons. The Morgan fingerprint density at radius 1 is 1.80 bits per heavy atom. The van der Waals surface area contributed by atoms with Crippen LogP contribution in [0.5, 0.6) is 0 Å². The summed E-state index contributed by atoms with van der Waals surface area (Å²) < 4.78 is 5.94. The van der Waals surface area contributed by atoms with E-state index in [2.05, 4.69) is 15.0 Å². The van der Waals surface area contributed by atoms with Crippen LogP contribution in [0.2, 0.25) is 0 Å². The molecule has 0 fully saturated rings. The first-order valence-electron chi connectivity index (χ1n) is 4.45. The SMILES string of the molecule is COC(=O)[C@@H](N)[C@@H](C)n1cc(CO)nn1. The van der Waals surface area contributed by atoms with E-state index in [1.165, 1.54) is 18.0 Å². The van der Waals surface area contributed by atoms with Gasteiger partial charge in [-0.3, -0.25) is 4.79 Å². The number of nitrogens with zero attached hydrogens (tertiary/aromatic N) is 3. The Morgan fingerprint density at radius 2 is 2.47 bits per heavy atom. The van der Waals surface area contributed by atoms with Crippen molar-refractivity contribution in [3.63, 3.8) is 0 Å². The zero-order chi connectivity index (χ0) is 11.4. The highest BCUT2D eigenvalue weighted by molar-refractivity contribution is 5.75. The van der Waals surface area contributed by atoms with E-state index in [0.717, 1.165) is 0 Å². The number of nitrogens with two attached hydrogens (primary N) is 1. The number of aliphatic hydroxyl groups excluding tert-OH is 1. The number of aliphatic hydroxyl groups is 1. The standard InChI is InChI=1S/C8H14N4O3/c1-5(7(9)8(14)15-2)12-3-6(4-13)10-11-12/h3,5,7,13H,4,9H2,1-2H3/t5-,7+/m1/s1. The van der Waals surface area contributed by atoms with Gasteiger partial charge in [0.2, 0.25) is 0 Å². The molecule has 0 saturated carbocycles. The molecule has 7 heteroatoms. The molecule has 7 nitrogen and oxygen atoms in total. The van der Waals surface area contributed by atoms with Crippen molar-refractivity contribution in [2.45, 2.75) is 25.6 Å². The number of aromatic nitrogens is 3. The fraction of sp³-hybridized carbons (Fsp3) is 0.625. The van der Waals surface area contributed by atoms with Gasteiger partial charge in [-0.25, -0.2) is 4.68 Å². The summed E-state index contributed by atoms with van der Waals surface area (Å²) in [5.41, 5.74) is 6.06. The van der Waals surface area contributed by atoms with E-state index >= 15 is 0 Å².